The molecular weight excluding hydrogens is 290 g/mol. The average Bonchev–Trinajstić information content (AvgIpc) is 3.35. The Morgan fingerprint density at radius 3 is 2.65 bits per heavy atom. The van der Waals surface area contributed by atoms with Gasteiger partial charge in [-0.2, -0.15) is 0 Å². The summed E-state index contributed by atoms with van der Waals surface area (Å²) in [6.07, 6.45) is 2.34. The Kier molecular flexibility index (Phi) is 4.39. The molecule has 1 fully saturated rings. The second-order valence-electron chi connectivity index (χ2n) is 6.93. The van der Waals surface area contributed by atoms with Gasteiger partial charge in [0.15, 0.2) is 0 Å². The lowest BCUT2D eigenvalue weighted by molar-refractivity contribution is -0.123. The highest BCUT2D eigenvalue weighted by Gasteiger charge is 2.36. The molecule has 0 radical (unpaired) electrons. The molecule has 1 unspecified atom stereocenters. The summed E-state index contributed by atoms with van der Waals surface area (Å²) < 4.78 is 0. The number of nitrogens with one attached hydrogen (secondary N) is 1. The van der Waals surface area contributed by atoms with Crippen molar-refractivity contribution in [3.63, 3.8) is 0 Å². The van der Waals surface area contributed by atoms with Crippen molar-refractivity contribution in [1.82, 2.24) is 4.90 Å². The van der Waals surface area contributed by atoms with Gasteiger partial charge in [-0.25, -0.2) is 0 Å². The van der Waals surface area contributed by atoms with Gasteiger partial charge in [0.1, 0.15) is 6.54 Å². The minimum absolute atomic E-state index is 0.00620. The van der Waals surface area contributed by atoms with Crippen molar-refractivity contribution >= 4 is 23.2 Å². The first-order valence-electron chi connectivity index (χ1n) is 8.42. The lowest BCUT2D eigenvalue weighted by Gasteiger charge is -2.35. The molecule has 5 nitrogen and oxygen atoms in total. The van der Waals surface area contributed by atoms with E-state index in [0.29, 0.717) is 30.2 Å². The Hall–Kier alpha value is -1.88. The molecule has 5 heteroatoms. The molecule has 1 saturated carbocycles. The zero-order valence-corrected chi connectivity index (χ0v) is 14.1. The molecule has 0 spiro atoms. The fourth-order valence-electron chi connectivity index (χ4n) is 3.09. The second-order valence-corrected chi connectivity index (χ2v) is 6.93. The van der Waals surface area contributed by atoms with Crippen LogP contribution >= 0.6 is 0 Å². The maximum atomic E-state index is 12.9. The predicted octanol–water partition coefficient (Wildman–Crippen LogP) is 2.48. The molecule has 1 aromatic rings. The zero-order valence-electron chi connectivity index (χ0n) is 14.1. The van der Waals surface area contributed by atoms with Gasteiger partial charge in [0.05, 0.1) is 17.9 Å². The lowest BCUT2D eigenvalue weighted by atomic mass is 10.0. The first-order chi connectivity index (χ1) is 11.0. The SMILES string of the molecule is CC(C)C(C)N(CC(=O)N1CC(=O)Nc2ccccc21)C1CC1. The fraction of sp³-hybridized carbons (Fsp3) is 0.556. The molecular formula is C18H25N3O2. The van der Waals surface area contributed by atoms with Crippen LogP contribution in [-0.2, 0) is 9.59 Å². The van der Waals surface area contributed by atoms with Crippen LogP contribution in [0.5, 0.6) is 0 Å². The van der Waals surface area contributed by atoms with Gasteiger partial charge in [0.25, 0.3) is 0 Å². The predicted molar refractivity (Wildman–Crippen MR) is 91.5 cm³/mol. The van der Waals surface area contributed by atoms with Gasteiger partial charge in [-0.1, -0.05) is 26.0 Å². The van der Waals surface area contributed by atoms with Crippen LogP contribution in [-0.4, -0.2) is 41.9 Å². The number of rotatable bonds is 5. The molecule has 3 rings (SSSR count). The topological polar surface area (TPSA) is 52.7 Å². The number of hydrogen-bond acceptors (Lipinski definition) is 3. The summed E-state index contributed by atoms with van der Waals surface area (Å²) in [6, 6.07) is 8.36. The van der Waals surface area contributed by atoms with Crippen LogP contribution < -0.4 is 10.2 Å². The monoisotopic (exact) mass is 315 g/mol. The van der Waals surface area contributed by atoms with Gasteiger partial charge in [0.2, 0.25) is 11.8 Å². The number of carbonyl (C=O) groups excluding carboxylic acids is 2. The number of fused-ring (bicyclic) bond motifs is 1. The van der Waals surface area contributed by atoms with Crippen LogP contribution in [0.15, 0.2) is 24.3 Å². The molecule has 1 N–H and O–H groups in total. The van der Waals surface area contributed by atoms with E-state index < -0.39 is 0 Å². The standard InChI is InChI=1S/C18H25N3O2/c1-12(2)13(3)20(14-8-9-14)11-18(23)21-10-17(22)19-15-6-4-5-7-16(15)21/h4-7,12-14H,8-11H2,1-3H3,(H,19,22). The van der Waals surface area contributed by atoms with Crippen molar-refractivity contribution in [3.05, 3.63) is 24.3 Å². The quantitative estimate of drug-likeness (QED) is 0.908. The molecule has 1 atom stereocenters. The highest BCUT2D eigenvalue weighted by molar-refractivity contribution is 6.10. The van der Waals surface area contributed by atoms with E-state index in [2.05, 4.69) is 31.0 Å². The van der Waals surface area contributed by atoms with Crippen LogP contribution in [0.25, 0.3) is 0 Å². The molecule has 23 heavy (non-hydrogen) atoms. The van der Waals surface area contributed by atoms with E-state index >= 15 is 0 Å². The third-order valence-electron chi connectivity index (χ3n) is 4.89. The average molecular weight is 315 g/mol. The Morgan fingerprint density at radius 2 is 2.00 bits per heavy atom. The summed E-state index contributed by atoms with van der Waals surface area (Å²) in [5.41, 5.74) is 1.51. The van der Waals surface area contributed by atoms with Crippen molar-refractivity contribution in [2.24, 2.45) is 5.92 Å². The molecule has 0 bridgehead atoms. The van der Waals surface area contributed by atoms with E-state index in [0.717, 1.165) is 5.69 Å². The summed E-state index contributed by atoms with van der Waals surface area (Å²) >= 11 is 0. The first kappa shape index (κ1) is 16.0. The minimum atomic E-state index is -0.132. The van der Waals surface area contributed by atoms with Gasteiger partial charge in [-0.3, -0.25) is 19.4 Å². The van der Waals surface area contributed by atoms with Crippen LogP contribution in [0.4, 0.5) is 11.4 Å². The molecule has 2 amide bonds. The van der Waals surface area contributed by atoms with Gasteiger partial charge in [-0.05, 0) is 37.8 Å². The maximum absolute atomic E-state index is 12.9. The highest BCUT2D eigenvalue weighted by Crippen LogP contribution is 2.32. The fourth-order valence-corrected chi connectivity index (χ4v) is 3.09. The number of hydrogen-bond donors (Lipinski definition) is 1. The first-order valence-corrected chi connectivity index (χ1v) is 8.42. The van der Waals surface area contributed by atoms with Gasteiger partial charge >= 0.3 is 0 Å². The molecule has 0 aromatic heterocycles. The largest absolute Gasteiger partial charge is 0.323 e. The number of para-hydroxylation sites is 2. The van der Waals surface area contributed by atoms with E-state index in [1.807, 2.05) is 24.3 Å². The highest BCUT2D eigenvalue weighted by atomic mass is 16.2. The Balaban J connectivity index is 1.78. The zero-order chi connectivity index (χ0) is 16.6. The van der Waals surface area contributed by atoms with E-state index in [9.17, 15) is 9.59 Å². The van der Waals surface area contributed by atoms with E-state index in [1.54, 1.807) is 4.90 Å². The number of carbonyl (C=O) groups is 2. The Morgan fingerprint density at radius 1 is 1.30 bits per heavy atom. The van der Waals surface area contributed by atoms with E-state index in [1.165, 1.54) is 12.8 Å². The molecule has 0 saturated heterocycles. The van der Waals surface area contributed by atoms with Crippen molar-refractivity contribution in [1.29, 1.82) is 0 Å². The maximum Gasteiger partial charge on any atom is 0.244 e. The van der Waals surface area contributed by atoms with Gasteiger partial charge in [-0.15, -0.1) is 0 Å². The van der Waals surface area contributed by atoms with E-state index in [-0.39, 0.29) is 18.4 Å². The van der Waals surface area contributed by atoms with E-state index in [4.69, 9.17) is 0 Å². The molecule has 1 aromatic carbocycles. The van der Waals surface area contributed by atoms with Gasteiger partial charge < -0.3 is 5.32 Å². The van der Waals surface area contributed by atoms with Crippen molar-refractivity contribution < 1.29 is 9.59 Å². The number of nitrogens with zero attached hydrogens (tertiary/aromatic N) is 2. The molecule has 1 aliphatic carbocycles. The van der Waals surface area contributed by atoms with Crippen molar-refractivity contribution in [2.75, 3.05) is 23.3 Å². The summed E-state index contributed by atoms with van der Waals surface area (Å²) in [6.45, 7) is 7.05. The summed E-state index contributed by atoms with van der Waals surface area (Å²) in [7, 11) is 0. The third-order valence-corrected chi connectivity index (χ3v) is 4.89. The lowest BCUT2D eigenvalue weighted by Crippen LogP contribution is -2.49. The van der Waals surface area contributed by atoms with Crippen LogP contribution in [0, 0.1) is 5.92 Å². The van der Waals surface area contributed by atoms with Crippen molar-refractivity contribution in [2.45, 2.75) is 45.7 Å². The summed E-state index contributed by atoms with van der Waals surface area (Å²) in [5.74, 6) is 0.374. The van der Waals surface area contributed by atoms with Crippen molar-refractivity contribution in [3.8, 4) is 0 Å². The number of benzene rings is 1. The molecule has 1 heterocycles. The Bertz CT molecular complexity index is 610. The van der Waals surface area contributed by atoms with Crippen LogP contribution in [0.1, 0.15) is 33.6 Å². The van der Waals surface area contributed by atoms with Crippen LogP contribution in [0.3, 0.4) is 0 Å². The molecule has 124 valence electrons. The number of amides is 2. The van der Waals surface area contributed by atoms with Gasteiger partial charge in [0, 0.05) is 12.1 Å². The summed E-state index contributed by atoms with van der Waals surface area (Å²) in [5, 5.41) is 2.83. The Labute approximate surface area is 137 Å². The number of anilines is 2. The third kappa shape index (κ3) is 3.39. The summed E-state index contributed by atoms with van der Waals surface area (Å²) in [4.78, 5) is 28.7. The van der Waals surface area contributed by atoms with Crippen LogP contribution in [0.2, 0.25) is 0 Å². The normalized spacial score (nSPS) is 18.8. The molecule has 1 aliphatic heterocycles. The smallest absolute Gasteiger partial charge is 0.244 e. The molecule has 2 aliphatic rings. The minimum Gasteiger partial charge on any atom is -0.323 e. The second kappa shape index (κ2) is 6.32.